The Morgan fingerprint density at radius 2 is 1.62 bits per heavy atom. The van der Waals surface area contributed by atoms with Gasteiger partial charge in [-0.3, -0.25) is 4.90 Å². The Balaban J connectivity index is 1.62. The number of aromatic nitrogens is 1. The first kappa shape index (κ1) is 16.2. The zero-order valence-corrected chi connectivity index (χ0v) is 15.4. The average molecular weight is 325 g/mol. The van der Waals surface area contributed by atoms with E-state index >= 15 is 0 Å². The zero-order valence-electron chi connectivity index (χ0n) is 15.4. The summed E-state index contributed by atoms with van der Waals surface area (Å²) in [6.45, 7) is 15.5. The molecular weight excluding hydrogens is 296 g/mol. The van der Waals surface area contributed by atoms with E-state index in [9.17, 15) is 0 Å². The highest BCUT2D eigenvalue weighted by atomic mass is 16.5. The second kappa shape index (κ2) is 5.60. The third-order valence-corrected chi connectivity index (χ3v) is 6.57. The summed E-state index contributed by atoms with van der Waals surface area (Å²) in [6.07, 6.45) is 2.40. The molecule has 0 spiro atoms. The molecule has 2 aliphatic rings. The lowest BCUT2D eigenvalue weighted by atomic mass is 10.0. The van der Waals surface area contributed by atoms with E-state index in [1.54, 1.807) is 5.92 Å². The highest BCUT2D eigenvalue weighted by Crippen LogP contribution is 2.73. The van der Waals surface area contributed by atoms with Crippen molar-refractivity contribution >= 4 is 10.9 Å². The summed E-state index contributed by atoms with van der Waals surface area (Å²) in [4.78, 5) is 2.51. The van der Waals surface area contributed by atoms with Crippen LogP contribution in [-0.2, 0) is 11.3 Å². The van der Waals surface area contributed by atoms with Gasteiger partial charge in [-0.05, 0) is 22.5 Å². The number of benzene rings is 1. The summed E-state index contributed by atoms with van der Waals surface area (Å²) in [5.41, 5.74) is 3.42. The molecule has 0 amide bonds. The van der Waals surface area contributed by atoms with Gasteiger partial charge in [0.2, 0.25) is 0 Å². The number of ether oxygens (including phenoxy) is 1. The topological polar surface area (TPSA) is 17.4 Å². The number of fused-ring (bicyclic) bond motifs is 1. The standard InChI is InChI=1S/C21H29N2O/c1-20(2)19(21(20,3)4)17-15-23(18-8-6-5-7-16(17)18)10-9-22-11-13-24-14-12-22/h5-8,15H,9-14H2,1-4H3. The molecule has 1 aliphatic carbocycles. The molecule has 3 heteroatoms. The SMILES string of the molecule is CC1(C)[C](c2cn(CCN3CCOCC3)c3ccccc23)C1(C)C. The van der Waals surface area contributed by atoms with Crippen LogP contribution in [0.4, 0.5) is 0 Å². The van der Waals surface area contributed by atoms with E-state index in [1.807, 2.05) is 0 Å². The van der Waals surface area contributed by atoms with Gasteiger partial charge in [-0.1, -0.05) is 45.9 Å². The first-order valence-corrected chi connectivity index (χ1v) is 9.19. The van der Waals surface area contributed by atoms with Crippen LogP contribution in [0.5, 0.6) is 0 Å². The maximum absolute atomic E-state index is 5.46. The third kappa shape index (κ3) is 2.41. The predicted octanol–water partition coefficient (Wildman–Crippen LogP) is 3.96. The van der Waals surface area contributed by atoms with Crippen LogP contribution < -0.4 is 0 Å². The molecule has 1 saturated heterocycles. The minimum Gasteiger partial charge on any atom is -0.379 e. The van der Waals surface area contributed by atoms with Gasteiger partial charge in [-0.2, -0.15) is 0 Å². The second-order valence-electron chi connectivity index (χ2n) is 8.33. The molecule has 0 N–H and O–H groups in total. The number of nitrogens with zero attached hydrogens (tertiary/aromatic N) is 2. The fourth-order valence-corrected chi connectivity index (χ4v) is 4.41. The van der Waals surface area contributed by atoms with Crippen LogP contribution in [0.2, 0.25) is 0 Å². The highest BCUT2D eigenvalue weighted by molar-refractivity contribution is 5.88. The van der Waals surface area contributed by atoms with E-state index in [4.69, 9.17) is 4.74 Å². The molecule has 1 radical (unpaired) electrons. The summed E-state index contributed by atoms with van der Waals surface area (Å²) < 4.78 is 7.92. The summed E-state index contributed by atoms with van der Waals surface area (Å²) in [7, 11) is 0. The van der Waals surface area contributed by atoms with Gasteiger partial charge in [0.05, 0.1) is 13.2 Å². The predicted molar refractivity (Wildman–Crippen MR) is 99.1 cm³/mol. The summed E-state index contributed by atoms with van der Waals surface area (Å²) in [6, 6.07) is 8.88. The van der Waals surface area contributed by atoms with Gasteiger partial charge < -0.3 is 9.30 Å². The van der Waals surface area contributed by atoms with Crippen molar-refractivity contribution in [2.45, 2.75) is 34.2 Å². The first-order chi connectivity index (χ1) is 11.4. The van der Waals surface area contributed by atoms with Gasteiger partial charge >= 0.3 is 0 Å². The van der Waals surface area contributed by atoms with E-state index in [-0.39, 0.29) is 0 Å². The van der Waals surface area contributed by atoms with Gasteiger partial charge in [0, 0.05) is 49.2 Å². The Morgan fingerprint density at radius 1 is 0.958 bits per heavy atom. The van der Waals surface area contributed by atoms with Crippen molar-refractivity contribution < 1.29 is 4.74 Å². The van der Waals surface area contributed by atoms with E-state index in [0.717, 1.165) is 39.4 Å². The normalized spacial score (nSPS) is 23.7. The van der Waals surface area contributed by atoms with Crippen LogP contribution >= 0.6 is 0 Å². The maximum atomic E-state index is 5.46. The lowest BCUT2D eigenvalue weighted by Gasteiger charge is -2.26. The Kier molecular flexibility index (Phi) is 3.77. The number of morpholine rings is 1. The van der Waals surface area contributed by atoms with Crippen molar-refractivity contribution in [1.82, 2.24) is 9.47 Å². The molecule has 1 aliphatic heterocycles. The summed E-state index contributed by atoms with van der Waals surface area (Å²) in [5.74, 6) is 1.61. The minimum absolute atomic E-state index is 0.298. The lowest BCUT2D eigenvalue weighted by molar-refractivity contribution is 0.0365. The molecule has 4 rings (SSSR count). The van der Waals surface area contributed by atoms with Gasteiger partial charge in [0.15, 0.2) is 0 Å². The first-order valence-electron chi connectivity index (χ1n) is 9.19. The molecule has 2 aromatic rings. The van der Waals surface area contributed by atoms with Crippen LogP contribution in [0.15, 0.2) is 30.5 Å². The second-order valence-corrected chi connectivity index (χ2v) is 8.33. The van der Waals surface area contributed by atoms with Crippen molar-refractivity contribution in [3.05, 3.63) is 41.9 Å². The quantitative estimate of drug-likeness (QED) is 0.846. The molecule has 0 unspecified atom stereocenters. The Morgan fingerprint density at radius 3 is 2.29 bits per heavy atom. The van der Waals surface area contributed by atoms with Gasteiger partial charge in [-0.25, -0.2) is 0 Å². The van der Waals surface area contributed by atoms with E-state index in [1.165, 1.54) is 16.5 Å². The largest absolute Gasteiger partial charge is 0.379 e. The molecule has 129 valence electrons. The molecule has 0 bridgehead atoms. The molecule has 1 aromatic heterocycles. The molecule has 0 atom stereocenters. The van der Waals surface area contributed by atoms with Crippen LogP contribution in [0, 0.1) is 16.7 Å². The van der Waals surface area contributed by atoms with E-state index in [2.05, 4.69) is 67.6 Å². The van der Waals surface area contributed by atoms with E-state index in [0.29, 0.717) is 10.8 Å². The minimum atomic E-state index is 0.298. The number of rotatable bonds is 4. The van der Waals surface area contributed by atoms with Crippen molar-refractivity contribution in [2.75, 3.05) is 32.8 Å². The highest BCUT2D eigenvalue weighted by Gasteiger charge is 2.66. The monoisotopic (exact) mass is 325 g/mol. The van der Waals surface area contributed by atoms with E-state index < -0.39 is 0 Å². The Bertz CT molecular complexity index is 723. The van der Waals surface area contributed by atoms with Crippen LogP contribution in [0.25, 0.3) is 10.9 Å². The maximum Gasteiger partial charge on any atom is 0.0594 e. The van der Waals surface area contributed by atoms with Crippen LogP contribution in [0.3, 0.4) is 0 Å². The lowest BCUT2D eigenvalue weighted by Crippen LogP contribution is -2.38. The van der Waals surface area contributed by atoms with Crippen molar-refractivity contribution in [2.24, 2.45) is 10.8 Å². The molecule has 1 saturated carbocycles. The third-order valence-electron chi connectivity index (χ3n) is 6.57. The van der Waals surface area contributed by atoms with Gasteiger partial charge in [0.25, 0.3) is 0 Å². The van der Waals surface area contributed by atoms with Crippen molar-refractivity contribution in [3.63, 3.8) is 0 Å². The molecule has 2 heterocycles. The van der Waals surface area contributed by atoms with Gasteiger partial charge in [-0.15, -0.1) is 0 Å². The molecular formula is C21H29N2O. The average Bonchev–Trinajstić information content (AvgIpc) is 2.84. The summed E-state index contributed by atoms with van der Waals surface area (Å²) in [5, 5.41) is 1.41. The number of hydrogen-bond acceptors (Lipinski definition) is 2. The smallest absolute Gasteiger partial charge is 0.0594 e. The molecule has 3 nitrogen and oxygen atoms in total. The van der Waals surface area contributed by atoms with Crippen LogP contribution in [-0.4, -0.2) is 42.3 Å². The fourth-order valence-electron chi connectivity index (χ4n) is 4.41. The number of para-hydroxylation sites is 1. The van der Waals surface area contributed by atoms with Crippen molar-refractivity contribution in [1.29, 1.82) is 0 Å². The number of hydrogen-bond donors (Lipinski definition) is 0. The van der Waals surface area contributed by atoms with Gasteiger partial charge in [0.1, 0.15) is 0 Å². The Labute approximate surface area is 145 Å². The Hall–Kier alpha value is -1.32. The van der Waals surface area contributed by atoms with Crippen LogP contribution in [0.1, 0.15) is 33.3 Å². The zero-order chi connectivity index (χ0) is 16.9. The molecule has 1 aromatic carbocycles. The molecule has 2 fully saturated rings. The fraction of sp³-hybridized carbons (Fsp3) is 0.571. The summed E-state index contributed by atoms with van der Waals surface area (Å²) >= 11 is 0. The molecule has 24 heavy (non-hydrogen) atoms. The van der Waals surface area contributed by atoms with Crippen molar-refractivity contribution in [3.8, 4) is 0 Å².